The lowest BCUT2D eigenvalue weighted by atomic mass is 9.98. The van der Waals surface area contributed by atoms with Gasteiger partial charge in [-0.1, -0.05) is 29.8 Å². The second-order valence-electron chi connectivity index (χ2n) is 6.43. The fourth-order valence-corrected chi connectivity index (χ4v) is 3.27. The van der Waals surface area contributed by atoms with Crippen molar-refractivity contribution in [2.75, 3.05) is 6.79 Å². The zero-order chi connectivity index (χ0) is 18.4. The van der Waals surface area contributed by atoms with E-state index in [1.165, 1.54) is 0 Å². The van der Waals surface area contributed by atoms with Crippen LogP contribution in [0.1, 0.15) is 22.3 Å². The predicted octanol–water partition coefficient (Wildman–Crippen LogP) is 2.87. The lowest BCUT2D eigenvalue weighted by Crippen LogP contribution is -2.31. The minimum Gasteiger partial charge on any atom is -0.502 e. The number of fused-ring (bicyclic) bond motifs is 1. The van der Waals surface area contributed by atoms with Gasteiger partial charge < -0.3 is 14.6 Å². The molecule has 1 N–H and O–H groups in total. The summed E-state index contributed by atoms with van der Waals surface area (Å²) in [5.74, 6) is -0.499. The molecular formula is C20H17NO5. The van der Waals surface area contributed by atoms with Gasteiger partial charge in [0.05, 0.1) is 12.1 Å². The number of aryl methyl sites for hydroxylation is 2. The van der Waals surface area contributed by atoms with Crippen LogP contribution in [0.4, 0.5) is 0 Å². The average Bonchev–Trinajstić information content (AvgIpc) is 3.15. The molecular weight excluding hydrogens is 334 g/mol. The van der Waals surface area contributed by atoms with Crippen molar-refractivity contribution in [3.05, 3.63) is 64.4 Å². The molecule has 2 amide bonds. The van der Waals surface area contributed by atoms with Gasteiger partial charge in [-0.2, -0.15) is 0 Å². The molecule has 2 aromatic carbocycles. The largest absolute Gasteiger partial charge is 0.502 e. The highest BCUT2D eigenvalue weighted by Gasteiger charge is 2.39. The van der Waals surface area contributed by atoms with Crippen molar-refractivity contribution >= 4 is 17.4 Å². The number of aliphatic hydroxyl groups is 1. The molecule has 2 aliphatic heterocycles. The monoisotopic (exact) mass is 351 g/mol. The number of benzene rings is 2. The van der Waals surface area contributed by atoms with Gasteiger partial charge in [0.15, 0.2) is 17.3 Å². The van der Waals surface area contributed by atoms with E-state index in [4.69, 9.17) is 9.47 Å². The van der Waals surface area contributed by atoms with Crippen LogP contribution in [-0.2, 0) is 16.1 Å². The average molecular weight is 351 g/mol. The summed E-state index contributed by atoms with van der Waals surface area (Å²) in [6.45, 7) is 3.99. The first-order valence-electron chi connectivity index (χ1n) is 8.21. The Bertz CT molecular complexity index is 976. The Balaban J connectivity index is 1.64. The fraction of sp³-hybridized carbons (Fsp3) is 0.200. The Morgan fingerprint density at radius 3 is 2.54 bits per heavy atom. The topological polar surface area (TPSA) is 76.1 Å². The molecule has 6 heteroatoms. The SMILES string of the molecule is Cc1ccc(C2=C(O)C(=O)N(Cc3ccc4c(c3)OCO4)C2=O)c(C)c1. The highest BCUT2D eigenvalue weighted by molar-refractivity contribution is 6.35. The van der Waals surface area contributed by atoms with E-state index in [0.29, 0.717) is 22.6 Å². The summed E-state index contributed by atoms with van der Waals surface area (Å²) in [7, 11) is 0. The number of amides is 2. The quantitative estimate of drug-likeness (QED) is 0.861. The van der Waals surface area contributed by atoms with Crippen molar-refractivity contribution in [2.24, 2.45) is 0 Å². The molecule has 2 aliphatic rings. The molecule has 0 unspecified atom stereocenters. The molecule has 2 aromatic rings. The van der Waals surface area contributed by atoms with Gasteiger partial charge in [-0.15, -0.1) is 0 Å². The summed E-state index contributed by atoms with van der Waals surface area (Å²) >= 11 is 0. The van der Waals surface area contributed by atoms with Crippen LogP contribution in [0.3, 0.4) is 0 Å². The van der Waals surface area contributed by atoms with Crippen LogP contribution in [0.2, 0.25) is 0 Å². The molecule has 0 saturated heterocycles. The molecule has 0 spiro atoms. The van der Waals surface area contributed by atoms with Crippen molar-refractivity contribution in [3.63, 3.8) is 0 Å². The minimum atomic E-state index is -0.692. The predicted molar refractivity (Wildman–Crippen MR) is 93.6 cm³/mol. The van der Waals surface area contributed by atoms with E-state index >= 15 is 0 Å². The number of hydrogen-bond acceptors (Lipinski definition) is 5. The van der Waals surface area contributed by atoms with E-state index in [1.54, 1.807) is 24.3 Å². The van der Waals surface area contributed by atoms with Gasteiger partial charge in [-0.05, 0) is 42.7 Å². The number of nitrogens with zero attached hydrogens (tertiary/aromatic N) is 1. The molecule has 0 aliphatic carbocycles. The van der Waals surface area contributed by atoms with E-state index in [2.05, 4.69) is 0 Å². The minimum absolute atomic E-state index is 0.0484. The molecule has 0 aromatic heterocycles. The maximum Gasteiger partial charge on any atom is 0.296 e. The normalized spacial score (nSPS) is 16.0. The lowest BCUT2D eigenvalue weighted by Gasteiger charge is -2.15. The molecule has 26 heavy (non-hydrogen) atoms. The second kappa shape index (κ2) is 5.91. The third-order valence-corrected chi connectivity index (χ3v) is 4.57. The first-order valence-corrected chi connectivity index (χ1v) is 8.21. The van der Waals surface area contributed by atoms with E-state index < -0.39 is 17.6 Å². The van der Waals surface area contributed by atoms with Crippen molar-refractivity contribution < 1.29 is 24.2 Å². The third-order valence-electron chi connectivity index (χ3n) is 4.57. The molecule has 0 fully saturated rings. The number of rotatable bonds is 3. The number of carbonyl (C=O) groups excluding carboxylic acids is 2. The summed E-state index contributed by atoms with van der Waals surface area (Å²) in [6.07, 6.45) is 0. The number of imide groups is 1. The van der Waals surface area contributed by atoms with Crippen LogP contribution in [0, 0.1) is 13.8 Å². The molecule has 2 heterocycles. The van der Waals surface area contributed by atoms with E-state index in [9.17, 15) is 14.7 Å². The van der Waals surface area contributed by atoms with Gasteiger partial charge in [0.1, 0.15) is 0 Å². The van der Waals surface area contributed by atoms with Crippen LogP contribution >= 0.6 is 0 Å². The van der Waals surface area contributed by atoms with Crippen molar-refractivity contribution in [1.82, 2.24) is 4.90 Å². The standard InChI is InChI=1S/C20H17NO5/c1-11-3-5-14(12(2)7-11)17-18(22)20(24)21(19(17)23)9-13-4-6-15-16(8-13)26-10-25-15/h3-8,22H,9-10H2,1-2H3. The molecule has 132 valence electrons. The van der Waals surface area contributed by atoms with Gasteiger partial charge in [0.2, 0.25) is 6.79 Å². The fourth-order valence-electron chi connectivity index (χ4n) is 3.27. The molecule has 0 bridgehead atoms. The number of ether oxygens (including phenoxy) is 2. The lowest BCUT2D eigenvalue weighted by molar-refractivity contribution is -0.138. The van der Waals surface area contributed by atoms with Gasteiger partial charge in [0, 0.05) is 0 Å². The number of aliphatic hydroxyl groups excluding tert-OH is 1. The summed E-state index contributed by atoms with van der Waals surface area (Å²) < 4.78 is 10.6. The van der Waals surface area contributed by atoms with E-state index in [0.717, 1.165) is 16.0 Å². The third kappa shape index (κ3) is 2.50. The zero-order valence-electron chi connectivity index (χ0n) is 14.4. The molecule has 0 saturated carbocycles. The molecule has 0 atom stereocenters. The Morgan fingerprint density at radius 1 is 1.00 bits per heavy atom. The highest BCUT2D eigenvalue weighted by atomic mass is 16.7. The first kappa shape index (κ1) is 16.2. The van der Waals surface area contributed by atoms with Gasteiger partial charge in [-0.25, -0.2) is 0 Å². The maximum absolute atomic E-state index is 12.8. The van der Waals surface area contributed by atoms with Gasteiger partial charge in [0.25, 0.3) is 11.8 Å². The Labute approximate surface area is 150 Å². The van der Waals surface area contributed by atoms with Crippen LogP contribution < -0.4 is 9.47 Å². The van der Waals surface area contributed by atoms with E-state index in [1.807, 2.05) is 26.0 Å². The summed E-state index contributed by atoms with van der Waals surface area (Å²) in [6, 6.07) is 10.7. The highest BCUT2D eigenvalue weighted by Crippen LogP contribution is 2.35. The maximum atomic E-state index is 12.8. The molecule has 6 nitrogen and oxygen atoms in total. The smallest absolute Gasteiger partial charge is 0.296 e. The summed E-state index contributed by atoms with van der Waals surface area (Å²) in [5, 5.41) is 10.3. The molecule has 4 rings (SSSR count). The Kier molecular flexibility index (Phi) is 3.68. The van der Waals surface area contributed by atoms with Gasteiger partial charge in [-0.3, -0.25) is 14.5 Å². The Morgan fingerprint density at radius 2 is 1.77 bits per heavy atom. The number of carbonyl (C=O) groups is 2. The van der Waals surface area contributed by atoms with Crippen molar-refractivity contribution in [3.8, 4) is 11.5 Å². The van der Waals surface area contributed by atoms with E-state index in [-0.39, 0.29) is 18.9 Å². The zero-order valence-corrected chi connectivity index (χ0v) is 14.4. The van der Waals surface area contributed by atoms with Crippen LogP contribution in [-0.4, -0.2) is 28.6 Å². The molecule has 0 radical (unpaired) electrons. The van der Waals surface area contributed by atoms with Crippen LogP contribution in [0.25, 0.3) is 5.57 Å². The second-order valence-corrected chi connectivity index (χ2v) is 6.43. The van der Waals surface area contributed by atoms with Crippen molar-refractivity contribution in [1.29, 1.82) is 0 Å². The first-order chi connectivity index (χ1) is 12.5. The van der Waals surface area contributed by atoms with Gasteiger partial charge >= 0.3 is 0 Å². The van der Waals surface area contributed by atoms with Crippen LogP contribution in [0.5, 0.6) is 11.5 Å². The van der Waals surface area contributed by atoms with Crippen molar-refractivity contribution in [2.45, 2.75) is 20.4 Å². The Hall–Kier alpha value is -3.28. The number of hydrogen-bond donors (Lipinski definition) is 1. The summed E-state index contributed by atoms with van der Waals surface area (Å²) in [5.41, 5.74) is 3.21. The van der Waals surface area contributed by atoms with Crippen LogP contribution in [0.15, 0.2) is 42.2 Å². The summed E-state index contributed by atoms with van der Waals surface area (Å²) in [4.78, 5) is 26.3.